The summed E-state index contributed by atoms with van der Waals surface area (Å²) in [6, 6.07) is 21.5. The van der Waals surface area contributed by atoms with Crippen molar-refractivity contribution >= 4 is 0 Å². The molecule has 4 nitrogen and oxygen atoms in total. The standard InChI is InChI=1S/C22H25N3O/c1-3-7-18(8-4-1)21(19-9-5-2-6-10-19)15-20-16-25(13-14-26-20)17-22-23-11-12-24-22/h1-12,20-21H,13-17H2,(H,23,24)/t20-/m1/s1. The van der Waals surface area contributed by atoms with Gasteiger partial charge in [-0.25, -0.2) is 4.98 Å². The molecule has 1 atom stereocenters. The summed E-state index contributed by atoms with van der Waals surface area (Å²) in [5, 5.41) is 0. The Labute approximate surface area is 154 Å². The molecule has 4 heteroatoms. The second-order valence-corrected chi connectivity index (χ2v) is 6.87. The molecule has 0 radical (unpaired) electrons. The van der Waals surface area contributed by atoms with E-state index in [1.54, 1.807) is 0 Å². The number of nitrogens with one attached hydrogen (secondary N) is 1. The highest BCUT2D eigenvalue weighted by Gasteiger charge is 2.25. The van der Waals surface area contributed by atoms with Gasteiger partial charge in [-0.05, 0) is 17.5 Å². The lowest BCUT2D eigenvalue weighted by Crippen LogP contribution is -2.42. The summed E-state index contributed by atoms with van der Waals surface area (Å²) in [5.41, 5.74) is 2.70. The average molecular weight is 347 g/mol. The van der Waals surface area contributed by atoms with Crippen LogP contribution in [-0.4, -0.2) is 40.7 Å². The molecule has 1 aliphatic heterocycles. The minimum absolute atomic E-state index is 0.226. The van der Waals surface area contributed by atoms with E-state index in [0.717, 1.165) is 38.5 Å². The van der Waals surface area contributed by atoms with E-state index in [0.29, 0.717) is 5.92 Å². The summed E-state index contributed by atoms with van der Waals surface area (Å²) in [4.78, 5) is 9.98. The van der Waals surface area contributed by atoms with Gasteiger partial charge in [0.1, 0.15) is 5.82 Å². The smallest absolute Gasteiger partial charge is 0.120 e. The van der Waals surface area contributed by atoms with Crippen LogP contribution in [0.4, 0.5) is 0 Å². The minimum atomic E-state index is 0.226. The first-order valence-corrected chi connectivity index (χ1v) is 9.30. The number of imidazole rings is 1. The SMILES string of the molecule is c1ccc(C(C[C@@H]2CN(Cc3ncc[nH]3)CCO2)c2ccccc2)cc1. The zero-order chi connectivity index (χ0) is 17.6. The molecule has 0 amide bonds. The van der Waals surface area contributed by atoms with Crippen LogP contribution in [0, 0.1) is 0 Å². The molecule has 0 unspecified atom stereocenters. The third kappa shape index (κ3) is 4.21. The molecule has 4 rings (SSSR count). The zero-order valence-corrected chi connectivity index (χ0v) is 14.9. The molecule has 1 aliphatic rings. The number of H-pyrrole nitrogens is 1. The Morgan fingerprint density at radius 3 is 2.35 bits per heavy atom. The van der Waals surface area contributed by atoms with Crippen LogP contribution in [0.1, 0.15) is 29.3 Å². The molecule has 1 fully saturated rings. The van der Waals surface area contributed by atoms with Crippen LogP contribution in [0.25, 0.3) is 0 Å². The van der Waals surface area contributed by atoms with Crippen molar-refractivity contribution in [1.82, 2.24) is 14.9 Å². The number of nitrogens with zero attached hydrogens (tertiary/aromatic N) is 2. The van der Waals surface area contributed by atoms with E-state index in [1.807, 2.05) is 12.4 Å². The Bertz CT molecular complexity index is 734. The van der Waals surface area contributed by atoms with Crippen LogP contribution in [0.5, 0.6) is 0 Å². The molecule has 1 aromatic heterocycles. The molecule has 0 spiro atoms. The van der Waals surface area contributed by atoms with Gasteiger partial charge in [-0.3, -0.25) is 4.90 Å². The lowest BCUT2D eigenvalue weighted by Gasteiger charge is -2.34. The molecule has 1 N–H and O–H groups in total. The van der Waals surface area contributed by atoms with Crippen LogP contribution in [0.2, 0.25) is 0 Å². The second-order valence-electron chi connectivity index (χ2n) is 6.87. The van der Waals surface area contributed by atoms with Crippen molar-refractivity contribution in [1.29, 1.82) is 0 Å². The Morgan fingerprint density at radius 2 is 1.73 bits per heavy atom. The summed E-state index contributed by atoms with van der Waals surface area (Å²) in [7, 11) is 0. The topological polar surface area (TPSA) is 41.2 Å². The van der Waals surface area contributed by atoms with E-state index in [4.69, 9.17) is 4.74 Å². The van der Waals surface area contributed by atoms with Gasteiger partial charge in [0.2, 0.25) is 0 Å². The highest BCUT2D eigenvalue weighted by Crippen LogP contribution is 2.31. The Morgan fingerprint density at radius 1 is 1.04 bits per heavy atom. The number of hydrogen-bond donors (Lipinski definition) is 1. The van der Waals surface area contributed by atoms with Gasteiger partial charge in [0.25, 0.3) is 0 Å². The predicted molar refractivity (Wildman–Crippen MR) is 103 cm³/mol. The molecular formula is C22H25N3O. The van der Waals surface area contributed by atoms with Crippen LogP contribution in [0.15, 0.2) is 73.1 Å². The van der Waals surface area contributed by atoms with Gasteiger partial charge in [-0.1, -0.05) is 60.7 Å². The van der Waals surface area contributed by atoms with Crippen LogP contribution in [-0.2, 0) is 11.3 Å². The van der Waals surface area contributed by atoms with Crippen LogP contribution < -0.4 is 0 Å². The summed E-state index contributed by atoms with van der Waals surface area (Å²) >= 11 is 0. The van der Waals surface area contributed by atoms with Crippen molar-refractivity contribution in [2.45, 2.75) is 25.0 Å². The summed E-state index contributed by atoms with van der Waals surface area (Å²) < 4.78 is 6.13. The molecule has 3 aromatic rings. The fraction of sp³-hybridized carbons (Fsp3) is 0.318. The van der Waals surface area contributed by atoms with E-state index >= 15 is 0 Å². The Balaban J connectivity index is 1.48. The normalized spacial score (nSPS) is 18.3. The monoisotopic (exact) mass is 347 g/mol. The van der Waals surface area contributed by atoms with Crippen molar-refractivity contribution in [2.24, 2.45) is 0 Å². The third-order valence-corrected chi connectivity index (χ3v) is 5.05. The Hall–Kier alpha value is -2.43. The van der Waals surface area contributed by atoms with Crippen molar-refractivity contribution in [3.8, 4) is 0 Å². The van der Waals surface area contributed by atoms with E-state index in [9.17, 15) is 0 Å². The molecular weight excluding hydrogens is 322 g/mol. The van der Waals surface area contributed by atoms with Crippen molar-refractivity contribution < 1.29 is 4.74 Å². The predicted octanol–water partition coefficient (Wildman–Crippen LogP) is 3.83. The average Bonchev–Trinajstić information content (AvgIpc) is 3.21. The highest BCUT2D eigenvalue weighted by atomic mass is 16.5. The number of benzene rings is 2. The molecule has 0 saturated carbocycles. The molecule has 2 heterocycles. The number of morpholine rings is 1. The molecule has 26 heavy (non-hydrogen) atoms. The van der Waals surface area contributed by atoms with Crippen molar-refractivity contribution in [3.05, 3.63) is 90.0 Å². The van der Waals surface area contributed by atoms with Gasteiger partial charge in [-0.15, -0.1) is 0 Å². The van der Waals surface area contributed by atoms with Gasteiger partial charge >= 0.3 is 0 Å². The van der Waals surface area contributed by atoms with E-state index in [1.165, 1.54) is 11.1 Å². The molecule has 1 saturated heterocycles. The highest BCUT2D eigenvalue weighted by molar-refractivity contribution is 5.32. The largest absolute Gasteiger partial charge is 0.376 e. The van der Waals surface area contributed by atoms with Crippen LogP contribution in [0.3, 0.4) is 0 Å². The molecule has 0 aliphatic carbocycles. The maximum atomic E-state index is 6.13. The summed E-state index contributed by atoms with van der Waals surface area (Å²) in [5.74, 6) is 1.37. The summed E-state index contributed by atoms with van der Waals surface area (Å²) in [6.45, 7) is 3.53. The molecule has 0 bridgehead atoms. The summed E-state index contributed by atoms with van der Waals surface area (Å²) in [6.07, 6.45) is 4.91. The fourth-order valence-electron chi connectivity index (χ4n) is 3.76. The first-order valence-electron chi connectivity index (χ1n) is 9.30. The first kappa shape index (κ1) is 17.0. The molecule has 2 aromatic carbocycles. The van der Waals surface area contributed by atoms with E-state index < -0.39 is 0 Å². The van der Waals surface area contributed by atoms with Gasteiger partial charge < -0.3 is 9.72 Å². The number of hydrogen-bond acceptors (Lipinski definition) is 3. The third-order valence-electron chi connectivity index (χ3n) is 5.05. The van der Waals surface area contributed by atoms with Crippen molar-refractivity contribution in [3.63, 3.8) is 0 Å². The number of aromatic amines is 1. The first-order chi connectivity index (χ1) is 12.9. The zero-order valence-electron chi connectivity index (χ0n) is 14.9. The van der Waals surface area contributed by atoms with Gasteiger partial charge in [0.15, 0.2) is 0 Å². The minimum Gasteiger partial charge on any atom is -0.376 e. The number of ether oxygens (including phenoxy) is 1. The number of rotatable bonds is 6. The van der Waals surface area contributed by atoms with E-state index in [2.05, 4.69) is 75.5 Å². The van der Waals surface area contributed by atoms with Gasteiger partial charge in [0, 0.05) is 31.4 Å². The molecule has 134 valence electrons. The fourth-order valence-corrected chi connectivity index (χ4v) is 3.76. The second kappa shape index (κ2) is 8.30. The van der Waals surface area contributed by atoms with Gasteiger partial charge in [-0.2, -0.15) is 0 Å². The van der Waals surface area contributed by atoms with Gasteiger partial charge in [0.05, 0.1) is 19.3 Å². The maximum absolute atomic E-state index is 6.13. The number of aromatic nitrogens is 2. The maximum Gasteiger partial charge on any atom is 0.120 e. The van der Waals surface area contributed by atoms with Crippen LogP contribution >= 0.6 is 0 Å². The quantitative estimate of drug-likeness (QED) is 0.737. The lowest BCUT2D eigenvalue weighted by molar-refractivity contribution is -0.0371. The Kier molecular flexibility index (Phi) is 5.43. The lowest BCUT2D eigenvalue weighted by atomic mass is 9.86. The van der Waals surface area contributed by atoms with E-state index in [-0.39, 0.29) is 6.10 Å². The van der Waals surface area contributed by atoms with Crippen molar-refractivity contribution in [2.75, 3.05) is 19.7 Å².